The van der Waals surface area contributed by atoms with Crippen LogP contribution in [0.3, 0.4) is 0 Å². The zero-order valence-corrected chi connectivity index (χ0v) is 13.1. The zero-order valence-electron chi connectivity index (χ0n) is 13.1. The Balaban J connectivity index is 1.71. The lowest BCUT2D eigenvalue weighted by Gasteiger charge is -2.14. The molecule has 0 aliphatic carbocycles. The van der Waals surface area contributed by atoms with Gasteiger partial charge in [0, 0.05) is 6.07 Å². The van der Waals surface area contributed by atoms with Crippen molar-refractivity contribution in [3.05, 3.63) is 70.5 Å². The maximum Gasteiger partial charge on any atom is 0.261 e. The molecule has 0 bridgehead atoms. The van der Waals surface area contributed by atoms with E-state index in [1.165, 1.54) is 29.1 Å². The van der Waals surface area contributed by atoms with Gasteiger partial charge in [0.05, 0.1) is 23.8 Å². The van der Waals surface area contributed by atoms with Crippen LogP contribution in [0.25, 0.3) is 10.9 Å². The highest BCUT2D eigenvalue weighted by Gasteiger charge is 2.11. The molecule has 24 heavy (non-hydrogen) atoms. The van der Waals surface area contributed by atoms with Crippen LogP contribution in [-0.4, -0.2) is 27.4 Å². The van der Waals surface area contributed by atoms with Crippen molar-refractivity contribution in [1.82, 2.24) is 9.55 Å². The lowest BCUT2D eigenvalue weighted by atomic mass is 10.2. The SMILES string of the molecule is Cc1cccc(OC[C@@H](O)Cn2cnc3cc(F)ccc3c2=O)c1. The normalized spacial score (nSPS) is 12.3. The van der Waals surface area contributed by atoms with Gasteiger partial charge in [-0.3, -0.25) is 9.36 Å². The number of fused-ring (bicyclic) bond motifs is 1. The standard InChI is InChI=1S/C18H17FN2O3/c1-12-3-2-4-15(7-12)24-10-14(22)9-21-11-20-17-8-13(19)5-6-16(17)18(21)23/h2-8,11,14,22H,9-10H2,1H3/t14-/m0/s1. The molecule has 0 saturated heterocycles. The molecule has 2 aromatic carbocycles. The van der Waals surface area contributed by atoms with Crippen LogP contribution in [0.4, 0.5) is 4.39 Å². The Kier molecular flexibility index (Phi) is 4.57. The molecule has 1 N–H and O–H groups in total. The van der Waals surface area contributed by atoms with E-state index < -0.39 is 11.9 Å². The van der Waals surface area contributed by atoms with E-state index in [1.54, 1.807) is 6.07 Å². The smallest absolute Gasteiger partial charge is 0.261 e. The predicted molar refractivity (Wildman–Crippen MR) is 88.6 cm³/mol. The maximum absolute atomic E-state index is 13.2. The monoisotopic (exact) mass is 328 g/mol. The third-order valence-corrected chi connectivity index (χ3v) is 3.63. The van der Waals surface area contributed by atoms with Crippen LogP contribution < -0.4 is 10.3 Å². The summed E-state index contributed by atoms with van der Waals surface area (Å²) in [6.45, 7) is 2.05. The first-order valence-corrected chi connectivity index (χ1v) is 7.55. The summed E-state index contributed by atoms with van der Waals surface area (Å²) in [6, 6.07) is 11.3. The van der Waals surface area contributed by atoms with Crippen molar-refractivity contribution in [3.63, 3.8) is 0 Å². The van der Waals surface area contributed by atoms with Gasteiger partial charge in [-0.2, -0.15) is 0 Å². The van der Waals surface area contributed by atoms with Gasteiger partial charge in [0.25, 0.3) is 5.56 Å². The minimum absolute atomic E-state index is 0.0466. The van der Waals surface area contributed by atoms with E-state index in [-0.39, 0.29) is 18.7 Å². The number of hydrogen-bond acceptors (Lipinski definition) is 4. The van der Waals surface area contributed by atoms with Crippen molar-refractivity contribution in [2.75, 3.05) is 6.61 Å². The van der Waals surface area contributed by atoms with Crippen molar-refractivity contribution in [2.45, 2.75) is 19.6 Å². The summed E-state index contributed by atoms with van der Waals surface area (Å²) in [7, 11) is 0. The molecule has 0 amide bonds. The number of benzene rings is 2. The highest BCUT2D eigenvalue weighted by molar-refractivity contribution is 5.77. The molecule has 3 aromatic rings. The third kappa shape index (κ3) is 3.60. The zero-order chi connectivity index (χ0) is 17.1. The number of aromatic nitrogens is 2. The molecule has 1 aromatic heterocycles. The van der Waals surface area contributed by atoms with Crippen LogP contribution in [0.5, 0.6) is 5.75 Å². The Bertz CT molecular complexity index is 924. The number of aliphatic hydroxyl groups is 1. The summed E-state index contributed by atoms with van der Waals surface area (Å²) in [5, 5.41) is 10.4. The van der Waals surface area contributed by atoms with Crippen LogP contribution in [0.15, 0.2) is 53.6 Å². The van der Waals surface area contributed by atoms with Crippen molar-refractivity contribution in [3.8, 4) is 5.75 Å². The van der Waals surface area contributed by atoms with Gasteiger partial charge in [0.15, 0.2) is 0 Å². The van der Waals surface area contributed by atoms with E-state index in [0.29, 0.717) is 16.7 Å². The van der Waals surface area contributed by atoms with Gasteiger partial charge in [-0.1, -0.05) is 12.1 Å². The molecule has 124 valence electrons. The first-order valence-electron chi connectivity index (χ1n) is 7.55. The van der Waals surface area contributed by atoms with Crippen LogP contribution >= 0.6 is 0 Å². The van der Waals surface area contributed by atoms with Gasteiger partial charge in [-0.15, -0.1) is 0 Å². The summed E-state index contributed by atoms with van der Waals surface area (Å²) in [5.41, 5.74) is 1.03. The number of aryl methyl sites for hydroxylation is 1. The average molecular weight is 328 g/mol. The number of halogens is 1. The Morgan fingerprint density at radius 2 is 2.12 bits per heavy atom. The molecule has 0 spiro atoms. The summed E-state index contributed by atoms with van der Waals surface area (Å²) in [6.07, 6.45) is 0.433. The number of hydrogen-bond donors (Lipinski definition) is 1. The fourth-order valence-electron chi connectivity index (χ4n) is 2.44. The Labute approximate surface area is 138 Å². The lowest BCUT2D eigenvalue weighted by molar-refractivity contribution is 0.0914. The summed E-state index contributed by atoms with van der Waals surface area (Å²) in [5.74, 6) is 0.215. The molecule has 0 fully saturated rings. The molecule has 0 aliphatic rings. The Hall–Kier alpha value is -2.73. The minimum Gasteiger partial charge on any atom is -0.491 e. The minimum atomic E-state index is -0.872. The number of ether oxygens (including phenoxy) is 1. The quantitative estimate of drug-likeness (QED) is 0.780. The van der Waals surface area contributed by atoms with Crippen molar-refractivity contribution >= 4 is 10.9 Å². The highest BCUT2D eigenvalue weighted by Crippen LogP contribution is 2.13. The number of rotatable bonds is 5. The molecule has 0 saturated carbocycles. The molecule has 0 radical (unpaired) electrons. The first-order chi connectivity index (χ1) is 11.5. The second-order valence-electron chi connectivity index (χ2n) is 5.64. The number of aliphatic hydroxyl groups excluding tert-OH is 1. The van der Waals surface area contributed by atoms with Gasteiger partial charge in [-0.05, 0) is 36.8 Å². The van der Waals surface area contributed by atoms with Crippen molar-refractivity contribution in [1.29, 1.82) is 0 Å². The van der Waals surface area contributed by atoms with Gasteiger partial charge >= 0.3 is 0 Å². The molecule has 0 aliphatic heterocycles. The molecular weight excluding hydrogens is 311 g/mol. The second kappa shape index (κ2) is 6.80. The average Bonchev–Trinajstić information content (AvgIpc) is 2.56. The molecule has 0 unspecified atom stereocenters. The second-order valence-corrected chi connectivity index (χ2v) is 5.64. The molecule has 5 nitrogen and oxygen atoms in total. The van der Waals surface area contributed by atoms with Gasteiger partial charge in [-0.25, -0.2) is 9.37 Å². The summed E-state index contributed by atoms with van der Waals surface area (Å²) >= 11 is 0. The van der Waals surface area contributed by atoms with E-state index in [4.69, 9.17) is 4.74 Å². The van der Waals surface area contributed by atoms with Crippen LogP contribution in [0.2, 0.25) is 0 Å². The van der Waals surface area contributed by atoms with Crippen LogP contribution in [0.1, 0.15) is 5.56 Å². The van der Waals surface area contributed by atoms with E-state index in [9.17, 15) is 14.3 Å². The maximum atomic E-state index is 13.2. The topological polar surface area (TPSA) is 64.3 Å². The van der Waals surface area contributed by atoms with E-state index in [0.717, 1.165) is 5.56 Å². The van der Waals surface area contributed by atoms with Crippen molar-refractivity contribution in [2.24, 2.45) is 0 Å². The van der Waals surface area contributed by atoms with Gasteiger partial charge in [0.2, 0.25) is 0 Å². The van der Waals surface area contributed by atoms with E-state index in [2.05, 4.69) is 4.98 Å². The molecule has 6 heteroatoms. The summed E-state index contributed by atoms with van der Waals surface area (Å²) in [4.78, 5) is 16.4. The molecular formula is C18H17FN2O3. The third-order valence-electron chi connectivity index (χ3n) is 3.63. The fraction of sp³-hybridized carbons (Fsp3) is 0.222. The summed E-state index contributed by atoms with van der Waals surface area (Å²) < 4.78 is 20.0. The highest BCUT2D eigenvalue weighted by atomic mass is 19.1. The Morgan fingerprint density at radius 1 is 1.29 bits per heavy atom. The lowest BCUT2D eigenvalue weighted by Crippen LogP contribution is -2.30. The van der Waals surface area contributed by atoms with E-state index >= 15 is 0 Å². The molecule has 1 heterocycles. The van der Waals surface area contributed by atoms with Gasteiger partial charge in [0.1, 0.15) is 24.3 Å². The van der Waals surface area contributed by atoms with Crippen LogP contribution in [0, 0.1) is 12.7 Å². The molecule has 3 rings (SSSR count). The van der Waals surface area contributed by atoms with Crippen molar-refractivity contribution < 1.29 is 14.2 Å². The Morgan fingerprint density at radius 3 is 2.92 bits per heavy atom. The fourth-order valence-corrected chi connectivity index (χ4v) is 2.44. The largest absolute Gasteiger partial charge is 0.491 e. The van der Waals surface area contributed by atoms with Gasteiger partial charge < -0.3 is 9.84 Å². The number of nitrogens with zero attached hydrogens (tertiary/aromatic N) is 2. The molecule has 1 atom stereocenters. The van der Waals surface area contributed by atoms with E-state index in [1.807, 2.05) is 25.1 Å². The predicted octanol–water partition coefficient (Wildman–Crippen LogP) is 2.28. The first kappa shape index (κ1) is 16.1. The van der Waals surface area contributed by atoms with Crippen LogP contribution in [-0.2, 0) is 6.54 Å².